The summed E-state index contributed by atoms with van der Waals surface area (Å²) >= 11 is 6.02. The molecule has 1 amide bonds. The van der Waals surface area contributed by atoms with Crippen LogP contribution in [-0.2, 0) is 4.79 Å². The molecular formula is C13H20Cl2N2O3. The number of halogens is 2. The first-order chi connectivity index (χ1) is 9.03. The highest BCUT2D eigenvalue weighted by atomic mass is 35.5. The van der Waals surface area contributed by atoms with Crippen molar-refractivity contribution in [2.45, 2.75) is 25.8 Å². The van der Waals surface area contributed by atoms with Crippen LogP contribution < -0.4 is 20.5 Å². The normalized spacial score (nSPS) is 11.2. The zero-order chi connectivity index (χ0) is 14.4. The number of amides is 1. The zero-order valence-electron chi connectivity index (χ0n) is 11.7. The lowest BCUT2D eigenvalue weighted by atomic mass is 10.1. The standard InChI is InChI=1S/C13H19ClN2O3.ClH/c1-4-5-9(15)13(17)16-10-6-8(14)11(18-2)7-12(10)19-3;/h6-7,9H,4-5,15H2,1-3H3,(H,16,17);1H. The summed E-state index contributed by atoms with van der Waals surface area (Å²) in [5.74, 6) is 0.689. The third-order valence-corrected chi connectivity index (χ3v) is 2.96. The molecule has 1 aromatic rings. The Morgan fingerprint density at radius 1 is 1.35 bits per heavy atom. The maximum Gasteiger partial charge on any atom is 0.241 e. The highest BCUT2D eigenvalue weighted by Crippen LogP contribution is 2.35. The molecule has 20 heavy (non-hydrogen) atoms. The largest absolute Gasteiger partial charge is 0.495 e. The maximum absolute atomic E-state index is 11.9. The number of nitrogens with two attached hydrogens (primary N) is 1. The van der Waals surface area contributed by atoms with Crippen LogP contribution in [0.5, 0.6) is 11.5 Å². The van der Waals surface area contributed by atoms with E-state index in [1.807, 2.05) is 6.92 Å². The van der Waals surface area contributed by atoms with Gasteiger partial charge in [-0.15, -0.1) is 12.4 Å². The molecule has 7 heteroatoms. The van der Waals surface area contributed by atoms with E-state index in [1.54, 1.807) is 12.1 Å². The van der Waals surface area contributed by atoms with Gasteiger partial charge in [0.2, 0.25) is 5.91 Å². The fourth-order valence-electron chi connectivity index (χ4n) is 1.63. The summed E-state index contributed by atoms with van der Waals surface area (Å²) in [6.07, 6.45) is 1.47. The first-order valence-electron chi connectivity index (χ1n) is 6.01. The van der Waals surface area contributed by atoms with Gasteiger partial charge in [0.15, 0.2) is 0 Å². The number of anilines is 1. The third kappa shape index (κ3) is 4.74. The van der Waals surface area contributed by atoms with Crippen LogP contribution in [0, 0.1) is 0 Å². The van der Waals surface area contributed by atoms with Crippen molar-refractivity contribution in [3.8, 4) is 11.5 Å². The van der Waals surface area contributed by atoms with E-state index in [1.165, 1.54) is 14.2 Å². The van der Waals surface area contributed by atoms with Crippen molar-refractivity contribution in [1.82, 2.24) is 0 Å². The lowest BCUT2D eigenvalue weighted by molar-refractivity contribution is -0.117. The number of benzene rings is 1. The molecule has 0 heterocycles. The number of ether oxygens (including phenoxy) is 2. The SMILES string of the molecule is CCCC(N)C(=O)Nc1cc(Cl)c(OC)cc1OC.Cl. The number of rotatable bonds is 6. The molecule has 114 valence electrons. The molecule has 0 spiro atoms. The molecule has 1 unspecified atom stereocenters. The number of hydrogen-bond donors (Lipinski definition) is 2. The zero-order valence-corrected chi connectivity index (χ0v) is 13.3. The molecule has 0 fully saturated rings. The highest BCUT2D eigenvalue weighted by molar-refractivity contribution is 6.32. The Hall–Kier alpha value is -1.17. The molecule has 0 aliphatic heterocycles. The Morgan fingerprint density at radius 2 is 1.95 bits per heavy atom. The van der Waals surface area contributed by atoms with E-state index in [0.717, 1.165) is 6.42 Å². The van der Waals surface area contributed by atoms with Gasteiger partial charge in [-0.3, -0.25) is 4.79 Å². The molecule has 0 bridgehead atoms. The molecule has 3 N–H and O–H groups in total. The summed E-state index contributed by atoms with van der Waals surface area (Å²) in [6, 6.07) is 2.65. The van der Waals surface area contributed by atoms with Gasteiger partial charge in [0.1, 0.15) is 11.5 Å². The van der Waals surface area contributed by atoms with Crippen molar-refractivity contribution in [2.75, 3.05) is 19.5 Å². The second kappa shape index (κ2) is 8.89. The number of nitrogens with one attached hydrogen (secondary N) is 1. The fourth-order valence-corrected chi connectivity index (χ4v) is 1.87. The molecule has 0 aliphatic rings. The summed E-state index contributed by atoms with van der Waals surface area (Å²) in [7, 11) is 3.01. The Balaban J connectivity index is 0.00000361. The fraction of sp³-hybridized carbons (Fsp3) is 0.462. The van der Waals surface area contributed by atoms with Gasteiger partial charge in [0.05, 0.1) is 31.0 Å². The number of hydrogen-bond acceptors (Lipinski definition) is 4. The minimum atomic E-state index is -0.546. The second-order valence-electron chi connectivity index (χ2n) is 4.07. The van der Waals surface area contributed by atoms with E-state index in [-0.39, 0.29) is 18.3 Å². The monoisotopic (exact) mass is 322 g/mol. The van der Waals surface area contributed by atoms with Gasteiger partial charge in [0.25, 0.3) is 0 Å². The lowest BCUT2D eigenvalue weighted by Crippen LogP contribution is -2.35. The lowest BCUT2D eigenvalue weighted by Gasteiger charge is -2.15. The summed E-state index contributed by atoms with van der Waals surface area (Å²) in [5, 5.41) is 3.10. The van der Waals surface area contributed by atoms with Gasteiger partial charge in [-0.05, 0) is 12.5 Å². The number of carbonyl (C=O) groups is 1. The van der Waals surface area contributed by atoms with Crippen molar-refractivity contribution in [2.24, 2.45) is 5.73 Å². The molecular weight excluding hydrogens is 303 g/mol. The molecule has 0 saturated heterocycles. The summed E-state index contributed by atoms with van der Waals surface area (Å²) in [5.41, 5.74) is 6.23. The van der Waals surface area contributed by atoms with Crippen molar-refractivity contribution >= 4 is 35.6 Å². The number of carbonyl (C=O) groups excluding carboxylic acids is 1. The quantitative estimate of drug-likeness (QED) is 0.844. The van der Waals surface area contributed by atoms with E-state index >= 15 is 0 Å². The van der Waals surface area contributed by atoms with Gasteiger partial charge in [-0.1, -0.05) is 24.9 Å². The van der Waals surface area contributed by atoms with Crippen LogP contribution in [0.3, 0.4) is 0 Å². The molecule has 1 atom stereocenters. The minimum absolute atomic E-state index is 0. The molecule has 0 aromatic heterocycles. The predicted molar refractivity (Wildman–Crippen MR) is 83.3 cm³/mol. The molecule has 1 aromatic carbocycles. The number of methoxy groups -OCH3 is 2. The Labute approximate surface area is 130 Å². The van der Waals surface area contributed by atoms with E-state index < -0.39 is 6.04 Å². The summed E-state index contributed by atoms with van der Waals surface area (Å²) < 4.78 is 10.3. The van der Waals surface area contributed by atoms with E-state index in [9.17, 15) is 4.79 Å². The molecule has 5 nitrogen and oxygen atoms in total. The van der Waals surface area contributed by atoms with Gasteiger partial charge in [-0.2, -0.15) is 0 Å². The Morgan fingerprint density at radius 3 is 2.45 bits per heavy atom. The highest BCUT2D eigenvalue weighted by Gasteiger charge is 2.16. The van der Waals surface area contributed by atoms with Crippen LogP contribution in [-0.4, -0.2) is 26.2 Å². The summed E-state index contributed by atoms with van der Waals surface area (Å²) in [6.45, 7) is 1.97. The van der Waals surface area contributed by atoms with Gasteiger partial charge in [-0.25, -0.2) is 0 Å². The van der Waals surface area contributed by atoms with E-state index in [2.05, 4.69) is 5.32 Å². The smallest absolute Gasteiger partial charge is 0.241 e. The van der Waals surface area contributed by atoms with Crippen LogP contribution in [0.2, 0.25) is 5.02 Å². The molecule has 0 saturated carbocycles. The van der Waals surface area contributed by atoms with Crippen molar-refractivity contribution < 1.29 is 14.3 Å². The van der Waals surface area contributed by atoms with E-state index in [4.69, 9.17) is 26.8 Å². The maximum atomic E-state index is 11.9. The van der Waals surface area contributed by atoms with Crippen LogP contribution in [0.15, 0.2) is 12.1 Å². The van der Waals surface area contributed by atoms with Crippen molar-refractivity contribution in [3.05, 3.63) is 17.2 Å². The van der Waals surface area contributed by atoms with Gasteiger partial charge >= 0.3 is 0 Å². The van der Waals surface area contributed by atoms with Gasteiger partial charge < -0.3 is 20.5 Å². The van der Waals surface area contributed by atoms with Crippen LogP contribution in [0.1, 0.15) is 19.8 Å². The first kappa shape index (κ1) is 18.8. The molecule has 1 rings (SSSR count). The second-order valence-corrected chi connectivity index (χ2v) is 4.48. The predicted octanol–water partition coefficient (Wildman–Crippen LogP) is 2.84. The van der Waals surface area contributed by atoms with Crippen LogP contribution in [0.25, 0.3) is 0 Å². The minimum Gasteiger partial charge on any atom is -0.495 e. The Kier molecular flexibility index (Phi) is 8.37. The third-order valence-electron chi connectivity index (χ3n) is 2.67. The van der Waals surface area contributed by atoms with Crippen LogP contribution in [0.4, 0.5) is 5.69 Å². The van der Waals surface area contributed by atoms with E-state index in [0.29, 0.717) is 28.6 Å². The topological polar surface area (TPSA) is 73.6 Å². The van der Waals surface area contributed by atoms with Crippen LogP contribution >= 0.6 is 24.0 Å². The molecule has 0 radical (unpaired) electrons. The first-order valence-corrected chi connectivity index (χ1v) is 6.39. The molecule has 0 aliphatic carbocycles. The average molecular weight is 323 g/mol. The van der Waals surface area contributed by atoms with Gasteiger partial charge in [0, 0.05) is 6.07 Å². The average Bonchev–Trinajstić information content (AvgIpc) is 2.39. The van der Waals surface area contributed by atoms with Crippen molar-refractivity contribution in [1.29, 1.82) is 0 Å². The Bertz CT molecular complexity index is 455. The van der Waals surface area contributed by atoms with Crippen molar-refractivity contribution in [3.63, 3.8) is 0 Å². The summed E-state index contributed by atoms with van der Waals surface area (Å²) in [4.78, 5) is 11.9.